The van der Waals surface area contributed by atoms with Gasteiger partial charge in [0.05, 0.1) is 18.1 Å². The van der Waals surface area contributed by atoms with Gasteiger partial charge in [-0.25, -0.2) is 4.79 Å². The van der Waals surface area contributed by atoms with E-state index in [0.29, 0.717) is 25.1 Å². The van der Waals surface area contributed by atoms with Crippen LogP contribution in [-0.4, -0.2) is 54.2 Å². The Morgan fingerprint density at radius 2 is 2.10 bits per heavy atom. The zero-order valence-electron chi connectivity index (χ0n) is 17.3. The summed E-state index contributed by atoms with van der Waals surface area (Å²) in [5.74, 6) is -0.266. The van der Waals surface area contributed by atoms with Gasteiger partial charge in [0.2, 0.25) is 0 Å². The molecule has 10 heteroatoms. The largest absolute Gasteiger partial charge is 0.504 e. The highest BCUT2D eigenvalue weighted by Gasteiger charge is 2.29. The maximum absolute atomic E-state index is 12.1. The summed E-state index contributed by atoms with van der Waals surface area (Å²) in [5, 5.41) is 14.9. The Kier molecular flexibility index (Phi) is 6.16. The molecule has 0 saturated carbocycles. The van der Waals surface area contributed by atoms with Crippen molar-refractivity contribution in [2.75, 3.05) is 25.1 Å². The van der Waals surface area contributed by atoms with E-state index in [0.717, 1.165) is 17.4 Å². The Morgan fingerprint density at radius 3 is 2.70 bits per heavy atom. The van der Waals surface area contributed by atoms with E-state index in [4.69, 9.17) is 9.47 Å². The number of rotatable bonds is 4. The molecule has 0 radical (unpaired) electrons. The highest BCUT2D eigenvalue weighted by atomic mass is 32.2. The molecule has 0 aromatic heterocycles. The molecule has 1 atom stereocenters. The van der Waals surface area contributed by atoms with E-state index >= 15 is 0 Å². The van der Waals surface area contributed by atoms with Crippen molar-refractivity contribution in [2.45, 2.75) is 38.8 Å². The molecule has 1 aromatic rings. The molecule has 2 saturated heterocycles. The number of thioether (sulfide) groups is 1. The lowest BCUT2D eigenvalue weighted by Crippen LogP contribution is -2.40. The van der Waals surface area contributed by atoms with Crippen LogP contribution in [0.1, 0.15) is 32.8 Å². The van der Waals surface area contributed by atoms with Crippen molar-refractivity contribution in [2.24, 2.45) is 0 Å². The van der Waals surface area contributed by atoms with Crippen LogP contribution >= 0.6 is 11.8 Å². The molecule has 162 valence electrons. The van der Waals surface area contributed by atoms with Crippen molar-refractivity contribution in [1.82, 2.24) is 10.6 Å². The van der Waals surface area contributed by atoms with E-state index < -0.39 is 22.8 Å². The number of phenolic OH excluding ortho intramolecular Hbond substituents is 1. The number of aromatic hydroxyl groups is 1. The topological polar surface area (TPSA) is 117 Å². The molecule has 0 aliphatic carbocycles. The third-order valence-corrected chi connectivity index (χ3v) is 5.32. The number of imide groups is 1. The van der Waals surface area contributed by atoms with Crippen LogP contribution in [0.3, 0.4) is 0 Å². The van der Waals surface area contributed by atoms with Crippen molar-refractivity contribution in [3.63, 3.8) is 0 Å². The first-order chi connectivity index (χ1) is 14.1. The maximum Gasteiger partial charge on any atom is 0.407 e. The van der Waals surface area contributed by atoms with Gasteiger partial charge in [-0.15, -0.1) is 0 Å². The van der Waals surface area contributed by atoms with Crippen molar-refractivity contribution in [1.29, 1.82) is 0 Å². The minimum Gasteiger partial charge on any atom is -0.504 e. The van der Waals surface area contributed by atoms with Gasteiger partial charge in [-0.3, -0.25) is 14.9 Å². The molecule has 30 heavy (non-hydrogen) atoms. The second-order valence-electron chi connectivity index (χ2n) is 8.01. The van der Waals surface area contributed by atoms with Crippen molar-refractivity contribution in [3.8, 4) is 11.5 Å². The van der Waals surface area contributed by atoms with Gasteiger partial charge < -0.3 is 24.8 Å². The van der Waals surface area contributed by atoms with Gasteiger partial charge in [0, 0.05) is 30.4 Å². The summed E-state index contributed by atoms with van der Waals surface area (Å²) < 4.78 is 10.5. The van der Waals surface area contributed by atoms with Gasteiger partial charge in [0.15, 0.2) is 11.5 Å². The Morgan fingerprint density at radius 1 is 1.37 bits per heavy atom. The van der Waals surface area contributed by atoms with Crippen LogP contribution in [0.2, 0.25) is 0 Å². The third-order valence-electron chi connectivity index (χ3n) is 4.51. The minimum absolute atomic E-state index is 0.0783. The number of nitrogens with one attached hydrogen (secondary N) is 2. The first kappa shape index (κ1) is 21.8. The molecule has 3 N–H and O–H groups in total. The molecule has 2 aliphatic rings. The van der Waals surface area contributed by atoms with Gasteiger partial charge in [0.1, 0.15) is 5.60 Å². The fourth-order valence-electron chi connectivity index (χ4n) is 3.26. The molecule has 0 spiro atoms. The van der Waals surface area contributed by atoms with Crippen molar-refractivity contribution in [3.05, 3.63) is 22.6 Å². The maximum atomic E-state index is 12.1. The van der Waals surface area contributed by atoms with Crippen LogP contribution < -0.4 is 20.3 Å². The number of nitrogens with zero attached hydrogens (tertiary/aromatic N) is 1. The number of alkyl carbamates (subject to hydrolysis) is 1. The Hall–Kier alpha value is -2.88. The second-order valence-corrected chi connectivity index (χ2v) is 9.03. The summed E-state index contributed by atoms with van der Waals surface area (Å²) in [4.78, 5) is 37.7. The number of amides is 3. The Balaban J connectivity index is 1.83. The van der Waals surface area contributed by atoms with Crippen LogP contribution in [0.25, 0.3) is 6.08 Å². The van der Waals surface area contributed by atoms with Gasteiger partial charge in [0.25, 0.3) is 11.1 Å². The first-order valence-corrected chi connectivity index (χ1v) is 10.3. The molecule has 3 rings (SSSR count). The highest BCUT2D eigenvalue weighted by Crippen LogP contribution is 2.38. The average molecular weight is 436 g/mol. The van der Waals surface area contributed by atoms with Crippen molar-refractivity contribution >= 4 is 40.8 Å². The lowest BCUT2D eigenvalue weighted by Gasteiger charge is -2.24. The summed E-state index contributed by atoms with van der Waals surface area (Å²) in [5.41, 5.74) is 0.708. The monoisotopic (exact) mass is 435 g/mol. The molecule has 9 nitrogen and oxygen atoms in total. The van der Waals surface area contributed by atoms with Gasteiger partial charge in [-0.05, 0) is 51.1 Å². The summed E-state index contributed by atoms with van der Waals surface area (Å²) in [6.07, 6.45) is 1.79. The molecule has 2 fully saturated rings. The lowest BCUT2D eigenvalue weighted by atomic mass is 10.1. The van der Waals surface area contributed by atoms with E-state index in [9.17, 15) is 19.5 Å². The number of benzene rings is 1. The number of hydrogen-bond acceptors (Lipinski definition) is 8. The quantitative estimate of drug-likeness (QED) is 0.618. The van der Waals surface area contributed by atoms with E-state index in [2.05, 4.69) is 10.6 Å². The molecule has 1 aromatic carbocycles. The Labute approximate surface area is 178 Å². The van der Waals surface area contributed by atoms with Crippen LogP contribution in [0, 0.1) is 0 Å². The molecule has 0 bridgehead atoms. The number of methoxy groups -OCH3 is 1. The second kappa shape index (κ2) is 8.47. The van der Waals surface area contributed by atoms with Crippen LogP contribution in [0.4, 0.5) is 15.3 Å². The number of anilines is 1. The fraction of sp³-hybridized carbons (Fsp3) is 0.450. The van der Waals surface area contributed by atoms with E-state index in [1.165, 1.54) is 13.2 Å². The molecule has 1 unspecified atom stereocenters. The average Bonchev–Trinajstić information content (AvgIpc) is 3.19. The minimum atomic E-state index is -0.580. The lowest BCUT2D eigenvalue weighted by molar-refractivity contribution is -0.115. The van der Waals surface area contributed by atoms with Crippen molar-refractivity contribution < 1.29 is 29.0 Å². The van der Waals surface area contributed by atoms with E-state index in [1.807, 2.05) is 4.90 Å². The number of hydrogen-bond donors (Lipinski definition) is 3. The smallest absolute Gasteiger partial charge is 0.407 e. The number of ether oxygens (including phenoxy) is 2. The van der Waals surface area contributed by atoms with Gasteiger partial charge in [-0.1, -0.05) is 0 Å². The zero-order chi connectivity index (χ0) is 22.1. The zero-order valence-corrected chi connectivity index (χ0v) is 18.1. The van der Waals surface area contributed by atoms with Crippen LogP contribution in [0.5, 0.6) is 11.5 Å². The normalized spacial score (nSPS) is 20.5. The van der Waals surface area contributed by atoms with Gasteiger partial charge in [-0.2, -0.15) is 0 Å². The first-order valence-electron chi connectivity index (χ1n) is 9.46. The van der Waals surface area contributed by atoms with E-state index in [-0.39, 0.29) is 22.4 Å². The Bertz CT molecular complexity index is 909. The third kappa shape index (κ3) is 5.18. The summed E-state index contributed by atoms with van der Waals surface area (Å²) in [7, 11) is 1.45. The number of carbonyl (C=O) groups excluding carboxylic acids is 3. The highest BCUT2D eigenvalue weighted by molar-refractivity contribution is 8.18. The van der Waals surface area contributed by atoms with Crippen LogP contribution in [0.15, 0.2) is 17.0 Å². The predicted octanol–water partition coefficient (Wildman–Crippen LogP) is 2.83. The summed E-state index contributed by atoms with van der Waals surface area (Å²) in [6, 6.07) is 3.05. The fourth-order valence-corrected chi connectivity index (χ4v) is 3.93. The molecular formula is C20H25N3O6S. The molecule has 2 aliphatic heterocycles. The molecule has 2 heterocycles. The summed E-state index contributed by atoms with van der Waals surface area (Å²) in [6.45, 7) is 6.57. The standard InChI is InChI=1S/C20H25N3O6S/c1-20(2,3)29-18(26)21-12-5-6-23(10-12)13-9-15(28-4)14(24)7-11(13)8-16-17(25)22-19(27)30-16/h7-9,12,24H,5-6,10H2,1-4H3,(H,21,26)(H,22,25,27). The molecular weight excluding hydrogens is 410 g/mol. The number of phenols is 1. The summed E-state index contributed by atoms with van der Waals surface area (Å²) >= 11 is 0.806. The SMILES string of the molecule is COc1cc(N2CCC(NC(=O)OC(C)(C)C)C2)c(C=C2SC(=O)NC2=O)cc1O. The van der Waals surface area contributed by atoms with Crippen LogP contribution in [-0.2, 0) is 9.53 Å². The molecule has 3 amide bonds. The number of carbonyl (C=O) groups is 3. The van der Waals surface area contributed by atoms with E-state index in [1.54, 1.807) is 32.9 Å². The van der Waals surface area contributed by atoms with Gasteiger partial charge >= 0.3 is 6.09 Å². The predicted molar refractivity (Wildman–Crippen MR) is 114 cm³/mol.